The van der Waals surface area contributed by atoms with Gasteiger partial charge in [-0.05, 0) is 86.4 Å². The van der Waals surface area contributed by atoms with Crippen molar-refractivity contribution < 1.29 is 58.1 Å². The van der Waals surface area contributed by atoms with Gasteiger partial charge in [-0.2, -0.15) is 4.72 Å². The number of urea groups is 1. The molecule has 2 amide bonds. The number of carboxylic acids is 1. The predicted molar refractivity (Wildman–Crippen MR) is 199 cm³/mol. The Bertz CT molecular complexity index is 1900. The third-order valence-electron chi connectivity index (χ3n) is 9.44. The van der Waals surface area contributed by atoms with E-state index >= 15 is 0 Å². The average Bonchev–Trinajstić information content (AvgIpc) is 4.13. The zero-order valence-electron chi connectivity index (χ0n) is 29.9. The fourth-order valence-corrected chi connectivity index (χ4v) is 7.35. The molecule has 3 aromatic rings. The molecule has 5 unspecified atom stereocenters. The summed E-state index contributed by atoms with van der Waals surface area (Å²) in [7, 11) is -4.32. The average molecular weight is 807 g/mol. The first-order valence-electron chi connectivity index (χ1n) is 18.0. The molecule has 9 N–H and O–H groups in total. The van der Waals surface area contributed by atoms with Crippen LogP contribution < -0.4 is 20.1 Å². The minimum Gasteiger partial charge on any atom is -0.490 e. The molecule has 55 heavy (non-hydrogen) atoms. The van der Waals surface area contributed by atoms with Crippen LogP contribution in [0.15, 0.2) is 65.8 Å². The molecule has 0 aliphatic heterocycles. The van der Waals surface area contributed by atoms with Crippen LogP contribution in [0, 0.1) is 0 Å². The number of ether oxygens (including phenoxy) is 2. The van der Waals surface area contributed by atoms with Gasteiger partial charge in [0, 0.05) is 41.6 Å². The second kappa shape index (κ2) is 18.8. The van der Waals surface area contributed by atoms with Gasteiger partial charge < -0.3 is 50.7 Å². The van der Waals surface area contributed by atoms with Crippen molar-refractivity contribution in [3.8, 4) is 16.9 Å². The Morgan fingerprint density at radius 2 is 1.69 bits per heavy atom. The maximum Gasteiger partial charge on any atom is 0.321 e. The highest BCUT2D eigenvalue weighted by molar-refractivity contribution is 7.89. The molecule has 0 spiro atoms. The standard InChI is InChI=1S/C37H47ClN4O12S/c38-28-11-10-24(55(51,52)42-29(35(48)49)6-3-4-15-40-36(50)41-19-30(44)33(46)34(47)31(45)20-43)17-22(28)21-53-37(13-14-37)27-18-39-16-12-25(27)26-5-1-2-7-32(26)54-23-8-9-23/h1-2,5,7,10-12,16-18,23,29-31,33-34,42-47H,3-4,6,8-9,13-15,19-21H2,(H,48,49)(H2,40,41,50). The second-order valence-electron chi connectivity index (χ2n) is 13.7. The summed E-state index contributed by atoms with van der Waals surface area (Å²) in [6, 6.07) is 11.6. The number of nitrogens with one attached hydrogen (secondary N) is 3. The summed E-state index contributed by atoms with van der Waals surface area (Å²) in [5.41, 5.74) is 2.47. The largest absolute Gasteiger partial charge is 0.490 e. The Kier molecular flexibility index (Phi) is 14.5. The number of carboxylic acid groups (broad SMARTS) is 1. The number of nitrogens with zero attached hydrogens (tertiary/aromatic N) is 1. The smallest absolute Gasteiger partial charge is 0.321 e. The van der Waals surface area contributed by atoms with Crippen molar-refractivity contribution in [2.75, 3.05) is 19.7 Å². The van der Waals surface area contributed by atoms with Crippen molar-refractivity contribution >= 4 is 33.6 Å². The molecule has 300 valence electrons. The molecular weight excluding hydrogens is 760 g/mol. The highest BCUT2D eigenvalue weighted by atomic mass is 35.5. The number of aliphatic carboxylic acids is 1. The van der Waals surface area contributed by atoms with E-state index in [9.17, 15) is 43.5 Å². The van der Waals surface area contributed by atoms with Gasteiger partial charge in [0.1, 0.15) is 30.1 Å². The Balaban J connectivity index is 1.14. The number of aromatic nitrogens is 1. The molecule has 16 nitrogen and oxygen atoms in total. The van der Waals surface area contributed by atoms with Crippen LogP contribution in [-0.2, 0) is 31.8 Å². The quantitative estimate of drug-likeness (QED) is 0.0658. The maximum atomic E-state index is 13.4. The van der Waals surface area contributed by atoms with E-state index in [0.29, 0.717) is 18.4 Å². The molecule has 1 aromatic heterocycles. The summed E-state index contributed by atoms with van der Waals surface area (Å²) in [5, 5.41) is 62.5. The highest BCUT2D eigenvalue weighted by Crippen LogP contribution is 2.53. The third-order valence-corrected chi connectivity index (χ3v) is 11.3. The Hall–Kier alpha value is -3.91. The van der Waals surface area contributed by atoms with Crippen molar-refractivity contribution in [3.05, 3.63) is 77.1 Å². The lowest BCUT2D eigenvalue weighted by atomic mass is 9.96. The summed E-state index contributed by atoms with van der Waals surface area (Å²) >= 11 is 6.50. The summed E-state index contributed by atoms with van der Waals surface area (Å²) in [5.74, 6) is -0.604. The number of unbranched alkanes of at least 4 members (excludes halogenated alkanes) is 1. The first kappa shape index (κ1) is 42.2. The second-order valence-corrected chi connectivity index (χ2v) is 15.8. The van der Waals surface area contributed by atoms with Crippen molar-refractivity contribution in [2.24, 2.45) is 0 Å². The molecule has 0 saturated heterocycles. The summed E-state index contributed by atoms with van der Waals surface area (Å²) < 4.78 is 41.7. The summed E-state index contributed by atoms with van der Waals surface area (Å²) in [6.45, 7) is -1.28. The summed E-state index contributed by atoms with van der Waals surface area (Å²) in [6.07, 6.45) is 0.548. The fourth-order valence-electron chi connectivity index (χ4n) is 5.91. The number of carbonyl (C=O) groups excluding carboxylic acids is 1. The van der Waals surface area contributed by atoms with Gasteiger partial charge >= 0.3 is 12.0 Å². The van der Waals surface area contributed by atoms with Crippen LogP contribution >= 0.6 is 11.6 Å². The lowest BCUT2D eigenvalue weighted by molar-refractivity contribution is -0.139. The molecule has 18 heteroatoms. The van der Waals surface area contributed by atoms with Crippen LogP contribution in [-0.4, -0.2) is 112 Å². The summed E-state index contributed by atoms with van der Waals surface area (Å²) in [4.78, 5) is 28.3. The maximum absolute atomic E-state index is 13.4. The monoisotopic (exact) mass is 806 g/mol. The van der Waals surface area contributed by atoms with Crippen LogP contribution in [0.25, 0.3) is 11.1 Å². The van der Waals surface area contributed by atoms with Gasteiger partial charge in [-0.25, -0.2) is 13.2 Å². The molecule has 2 aliphatic carbocycles. The molecule has 1 heterocycles. The minimum absolute atomic E-state index is 0.0198. The first-order valence-corrected chi connectivity index (χ1v) is 19.8. The van der Waals surface area contributed by atoms with E-state index < -0.39 is 71.2 Å². The van der Waals surface area contributed by atoms with Gasteiger partial charge in [0.2, 0.25) is 10.0 Å². The zero-order chi connectivity index (χ0) is 39.8. The zero-order valence-corrected chi connectivity index (χ0v) is 31.5. The number of rotatable bonds is 22. The van der Waals surface area contributed by atoms with Gasteiger partial charge in [0.25, 0.3) is 0 Å². The van der Waals surface area contributed by atoms with E-state index in [1.54, 1.807) is 12.4 Å². The van der Waals surface area contributed by atoms with Crippen LogP contribution in [0.4, 0.5) is 4.79 Å². The Morgan fingerprint density at radius 1 is 0.964 bits per heavy atom. The molecule has 0 bridgehead atoms. The molecule has 2 saturated carbocycles. The molecule has 2 aliphatic rings. The molecule has 5 rings (SSSR count). The number of hydrogen-bond acceptors (Lipinski definition) is 12. The number of halogens is 1. The number of sulfonamides is 1. The number of hydrogen-bond donors (Lipinski definition) is 9. The number of benzene rings is 2. The lowest BCUT2D eigenvalue weighted by Crippen LogP contribution is -2.50. The van der Waals surface area contributed by atoms with E-state index in [0.717, 1.165) is 35.3 Å². The highest BCUT2D eigenvalue weighted by Gasteiger charge is 2.48. The molecule has 5 atom stereocenters. The van der Waals surface area contributed by atoms with Gasteiger partial charge in [-0.3, -0.25) is 9.78 Å². The fraction of sp³-hybridized carbons (Fsp3) is 0.486. The van der Waals surface area contributed by atoms with Crippen LogP contribution in [0.3, 0.4) is 0 Å². The van der Waals surface area contributed by atoms with Crippen LogP contribution in [0.5, 0.6) is 5.75 Å². The SMILES string of the molecule is O=C(NCCCCC(NS(=O)(=O)c1ccc(Cl)c(COC2(c3cnccc3-c3ccccc3OC3CC3)CC2)c1)C(=O)O)NCC(O)C(O)C(O)C(O)CO. The van der Waals surface area contributed by atoms with Gasteiger partial charge in [-0.15, -0.1) is 0 Å². The third kappa shape index (κ3) is 11.3. The van der Waals surface area contributed by atoms with E-state index in [4.69, 9.17) is 26.2 Å². The van der Waals surface area contributed by atoms with Crippen molar-refractivity contribution in [1.82, 2.24) is 20.3 Å². The van der Waals surface area contributed by atoms with Crippen molar-refractivity contribution in [2.45, 2.75) is 98.6 Å². The van der Waals surface area contributed by atoms with Crippen LogP contribution in [0.1, 0.15) is 56.1 Å². The topological polar surface area (TPSA) is 257 Å². The van der Waals surface area contributed by atoms with Crippen molar-refractivity contribution in [1.29, 1.82) is 0 Å². The Labute approximate surface area is 323 Å². The normalized spacial score (nSPS) is 17.7. The van der Waals surface area contributed by atoms with Gasteiger partial charge in [-0.1, -0.05) is 29.8 Å². The molecular formula is C37H47ClN4O12S. The number of amides is 2. The van der Waals surface area contributed by atoms with E-state index in [1.165, 1.54) is 18.2 Å². The van der Waals surface area contributed by atoms with Gasteiger partial charge in [0.05, 0.1) is 35.9 Å². The van der Waals surface area contributed by atoms with Gasteiger partial charge in [0.15, 0.2) is 0 Å². The van der Waals surface area contributed by atoms with Crippen molar-refractivity contribution in [3.63, 3.8) is 0 Å². The predicted octanol–water partition coefficient (Wildman–Crippen LogP) is 1.79. The number of aliphatic hydroxyl groups is 5. The lowest BCUT2D eigenvalue weighted by Gasteiger charge is -2.25. The molecule has 0 radical (unpaired) electrons. The molecule has 2 aromatic carbocycles. The van der Waals surface area contributed by atoms with Crippen LogP contribution in [0.2, 0.25) is 5.02 Å². The number of para-hydroxylation sites is 1. The van der Waals surface area contributed by atoms with E-state index in [2.05, 4.69) is 20.3 Å². The van der Waals surface area contributed by atoms with E-state index in [-0.39, 0.29) is 48.4 Å². The minimum atomic E-state index is -4.32. The number of carbonyl (C=O) groups is 2. The van der Waals surface area contributed by atoms with E-state index in [1.807, 2.05) is 30.3 Å². The number of aliphatic hydroxyl groups excluding tert-OH is 5. The molecule has 2 fully saturated rings. The first-order chi connectivity index (χ1) is 26.2. The number of pyridine rings is 1. The Morgan fingerprint density at radius 3 is 2.38 bits per heavy atom.